The first kappa shape index (κ1) is 14.3. The van der Waals surface area contributed by atoms with Crippen LogP contribution in [0.1, 0.15) is 42.5 Å². The highest BCUT2D eigenvalue weighted by Gasteiger charge is 2.25. The van der Waals surface area contributed by atoms with Gasteiger partial charge in [-0.05, 0) is 25.0 Å². The van der Waals surface area contributed by atoms with Gasteiger partial charge in [-0.15, -0.1) is 0 Å². The average Bonchev–Trinajstić information content (AvgIpc) is 2.37. The van der Waals surface area contributed by atoms with Gasteiger partial charge < -0.3 is 10.0 Å². The summed E-state index contributed by atoms with van der Waals surface area (Å²) in [7, 11) is 0. The maximum Gasteiger partial charge on any atom is 0.282 e. The lowest BCUT2D eigenvalue weighted by Gasteiger charge is -2.24. The third-order valence-electron chi connectivity index (χ3n) is 3.55. The standard InChI is InChI=1S/C14H18N2O4/c17-11-6-7-13(16(19)20)12(10-11)14(18)15-8-4-2-1-3-5-9-15/h6-7,10,17H,1-5,8-9H2. The molecule has 1 aliphatic heterocycles. The fourth-order valence-electron chi connectivity index (χ4n) is 2.48. The predicted octanol–water partition coefficient (Wildman–Crippen LogP) is 2.71. The van der Waals surface area contributed by atoms with Crippen LogP contribution in [-0.4, -0.2) is 33.9 Å². The molecule has 1 aliphatic rings. The Morgan fingerprint density at radius 1 is 1.15 bits per heavy atom. The Balaban J connectivity index is 2.26. The number of carbonyl (C=O) groups is 1. The molecule has 0 bridgehead atoms. The second-order valence-corrected chi connectivity index (χ2v) is 5.02. The molecular weight excluding hydrogens is 260 g/mol. The highest BCUT2D eigenvalue weighted by Crippen LogP contribution is 2.25. The Morgan fingerprint density at radius 3 is 2.35 bits per heavy atom. The van der Waals surface area contributed by atoms with E-state index in [1.54, 1.807) is 4.90 Å². The van der Waals surface area contributed by atoms with E-state index in [2.05, 4.69) is 0 Å². The lowest BCUT2D eigenvalue weighted by Crippen LogP contribution is -2.34. The monoisotopic (exact) mass is 278 g/mol. The highest BCUT2D eigenvalue weighted by atomic mass is 16.6. The van der Waals surface area contributed by atoms with Crippen molar-refractivity contribution in [1.82, 2.24) is 4.90 Å². The second-order valence-electron chi connectivity index (χ2n) is 5.02. The van der Waals surface area contributed by atoms with Crippen molar-refractivity contribution in [1.29, 1.82) is 0 Å². The number of phenols is 1. The lowest BCUT2D eigenvalue weighted by molar-refractivity contribution is -0.385. The van der Waals surface area contributed by atoms with Crippen molar-refractivity contribution in [3.63, 3.8) is 0 Å². The van der Waals surface area contributed by atoms with Crippen molar-refractivity contribution in [3.8, 4) is 5.75 Å². The van der Waals surface area contributed by atoms with Crippen molar-refractivity contribution in [2.75, 3.05) is 13.1 Å². The summed E-state index contributed by atoms with van der Waals surface area (Å²) in [5.74, 6) is -0.500. The Labute approximate surface area is 117 Å². The Bertz CT molecular complexity index is 508. The number of hydrogen-bond acceptors (Lipinski definition) is 4. The van der Waals surface area contributed by atoms with Crippen molar-refractivity contribution in [2.45, 2.75) is 32.1 Å². The third-order valence-corrected chi connectivity index (χ3v) is 3.55. The number of hydrogen-bond donors (Lipinski definition) is 1. The maximum atomic E-state index is 12.5. The van der Waals surface area contributed by atoms with Gasteiger partial charge in [-0.25, -0.2) is 0 Å². The number of carbonyl (C=O) groups excluding carboxylic acids is 1. The van der Waals surface area contributed by atoms with Crippen molar-refractivity contribution in [2.24, 2.45) is 0 Å². The summed E-state index contributed by atoms with van der Waals surface area (Å²) < 4.78 is 0. The molecular formula is C14H18N2O4. The first-order valence-electron chi connectivity index (χ1n) is 6.86. The summed E-state index contributed by atoms with van der Waals surface area (Å²) in [6.07, 6.45) is 5.16. The molecule has 0 spiro atoms. The number of aromatic hydroxyl groups is 1. The van der Waals surface area contributed by atoms with E-state index in [0.717, 1.165) is 25.7 Å². The summed E-state index contributed by atoms with van der Waals surface area (Å²) in [6.45, 7) is 1.23. The van der Waals surface area contributed by atoms with Crippen molar-refractivity contribution >= 4 is 11.6 Å². The second kappa shape index (κ2) is 6.36. The highest BCUT2D eigenvalue weighted by molar-refractivity contribution is 5.98. The molecule has 0 saturated carbocycles. The largest absolute Gasteiger partial charge is 0.508 e. The normalized spacial score (nSPS) is 16.3. The zero-order valence-corrected chi connectivity index (χ0v) is 11.2. The van der Waals surface area contributed by atoms with Gasteiger partial charge in [0.2, 0.25) is 0 Å². The minimum atomic E-state index is -0.587. The van der Waals surface area contributed by atoms with Crippen LogP contribution in [0.25, 0.3) is 0 Å². The van der Waals surface area contributed by atoms with Gasteiger partial charge in [0, 0.05) is 19.2 Å². The molecule has 1 aromatic carbocycles. The third kappa shape index (κ3) is 3.26. The molecule has 1 aromatic rings. The smallest absolute Gasteiger partial charge is 0.282 e. The van der Waals surface area contributed by atoms with E-state index in [9.17, 15) is 20.0 Å². The van der Waals surface area contributed by atoms with Crippen LogP contribution in [-0.2, 0) is 0 Å². The Morgan fingerprint density at radius 2 is 1.75 bits per heavy atom. The van der Waals surface area contributed by atoms with E-state index in [-0.39, 0.29) is 22.9 Å². The van der Waals surface area contributed by atoms with Crippen LogP contribution in [0.2, 0.25) is 0 Å². The topological polar surface area (TPSA) is 83.7 Å². The number of benzene rings is 1. The van der Waals surface area contributed by atoms with Crippen LogP contribution in [0.3, 0.4) is 0 Å². The van der Waals surface area contributed by atoms with E-state index < -0.39 is 4.92 Å². The number of amides is 1. The molecule has 2 rings (SSSR count). The molecule has 0 radical (unpaired) electrons. The molecule has 0 aliphatic carbocycles. The van der Waals surface area contributed by atoms with Gasteiger partial charge in [0.1, 0.15) is 11.3 Å². The summed E-state index contributed by atoms with van der Waals surface area (Å²) >= 11 is 0. The molecule has 1 fully saturated rings. The van der Waals surface area contributed by atoms with Gasteiger partial charge in [-0.2, -0.15) is 0 Å². The minimum Gasteiger partial charge on any atom is -0.508 e. The summed E-state index contributed by atoms with van der Waals surface area (Å²) in [6, 6.07) is 3.58. The molecule has 6 nitrogen and oxygen atoms in total. The zero-order chi connectivity index (χ0) is 14.5. The van der Waals surface area contributed by atoms with Crippen LogP contribution < -0.4 is 0 Å². The molecule has 1 N–H and O–H groups in total. The molecule has 6 heteroatoms. The van der Waals surface area contributed by atoms with E-state index in [1.165, 1.54) is 24.6 Å². The molecule has 20 heavy (non-hydrogen) atoms. The first-order valence-corrected chi connectivity index (χ1v) is 6.86. The Hall–Kier alpha value is -2.11. The lowest BCUT2D eigenvalue weighted by atomic mass is 10.1. The van der Waals surface area contributed by atoms with E-state index in [1.807, 2.05) is 0 Å². The van der Waals surface area contributed by atoms with Gasteiger partial charge >= 0.3 is 0 Å². The number of likely N-dealkylation sites (tertiary alicyclic amines) is 1. The van der Waals surface area contributed by atoms with Gasteiger partial charge in [-0.3, -0.25) is 14.9 Å². The van der Waals surface area contributed by atoms with Crippen LogP contribution in [0.4, 0.5) is 5.69 Å². The van der Waals surface area contributed by atoms with Gasteiger partial charge in [0.25, 0.3) is 11.6 Å². The number of nitro benzene ring substituents is 1. The molecule has 0 atom stereocenters. The van der Waals surface area contributed by atoms with Gasteiger partial charge in [0.05, 0.1) is 4.92 Å². The van der Waals surface area contributed by atoms with Crippen molar-refractivity contribution < 1.29 is 14.8 Å². The molecule has 1 heterocycles. The molecule has 108 valence electrons. The molecule has 0 aromatic heterocycles. The number of rotatable bonds is 2. The fourth-order valence-corrected chi connectivity index (χ4v) is 2.48. The van der Waals surface area contributed by atoms with Crippen LogP contribution in [0.15, 0.2) is 18.2 Å². The van der Waals surface area contributed by atoms with E-state index in [4.69, 9.17) is 0 Å². The van der Waals surface area contributed by atoms with Crippen molar-refractivity contribution in [3.05, 3.63) is 33.9 Å². The van der Waals surface area contributed by atoms with E-state index >= 15 is 0 Å². The first-order chi connectivity index (χ1) is 9.59. The summed E-state index contributed by atoms with van der Waals surface area (Å²) in [4.78, 5) is 24.5. The quantitative estimate of drug-likeness (QED) is 0.666. The SMILES string of the molecule is O=C(c1cc(O)ccc1[N+](=O)[O-])N1CCCCCCC1. The van der Waals surface area contributed by atoms with Crippen LogP contribution >= 0.6 is 0 Å². The zero-order valence-electron chi connectivity index (χ0n) is 11.2. The fraction of sp³-hybridized carbons (Fsp3) is 0.500. The molecule has 0 unspecified atom stereocenters. The molecule has 1 saturated heterocycles. The predicted molar refractivity (Wildman–Crippen MR) is 73.7 cm³/mol. The summed E-state index contributed by atoms with van der Waals surface area (Å²) in [5.41, 5.74) is -0.287. The number of phenolic OH excluding ortho intramolecular Hbond substituents is 1. The van der Waals surface area contributed by atoms with Gasteiger partial charge in [-0.1, -0.05) is 19.3 Å². The maximum absolute atomic E-state index is 12.5. The average molecular weight is 278 g/mol. The Kier molecular flexibility index (Phi) is 4.55. The molecule has 1 amide bonds. The number of nitro groups is 1. The van der Waals surface area contributed by atoms with Crippen LogP contribution in [0, 0.1) is 10.1 Å². The van der Waals surface area contributed by atoms with E-state index in [0.29, 0.717) is 13.1 Å². The van der Waals surface area contributed by atoms with Gasteiger partial charge in [0.15, 0.2) is 0 Å². The number of nitrogens with zero attached hydrogens (tertiary/aromatic N) is 2. The summed E-state index contributed by atoms with van der Waals surface area (Å²) in [5, 5.41) is 20.5. The minimum absolute atomic E-state index is 0.0319. The van der Waals surface area contributed by atoms with Crippen LogP contribution in [0.5, 0.6) is 5.75 Å².